The van der Waals surface area contributed by atoms with Crippen molar-refractivity contribution < 1.29 is 27.2 Å². The van der Waals surface area contributed by atoms with Crippen LogP contribution >= 0.6 is 0 Å². The zero-order chi connectivity index (χ0) is 17.9. The van der Waals surface area contributed by atoms with Gasteiger partial charge >= 0.3 is 6.29 Å². The maximum Gasteiger partial charge on any atom is 0.483 e. The van der Waals surface area contributed by atoms with Gasteiger partial charge in [0.25, 0.3) is 5.91 Å². The van der Waals surface area contributed by atoms with Crippen LogP contribution < -0.4 is 0 Å². The summed E-state index contributed by atoms with van der Waals surface area (Å²) in [5, 5.41) is 0. The van der Waals surface area contributed by atoms with E-state index in [4.69, 9.17) is 4.79 Å². The standard InChI is InChI=1S/C16H13F2NO.CF2O/c1-10-14(18)7-4-12-9-19(16(20)15(10)12)8-11-2-5-13(17)6-3-11;2-1(3)4/h2-7H,8-9H2,1H3;. The predicted molar refractivity (Wildman–Crippen MR) is 78.7 cm³/mol. The Bertz CT molecular complexity index is 771. The number of carbonyl (C=O) groups is 2. The quantitative estimate of drug-likeness (QED) is 0.598. The van der Waals surface area contributed by atoms with Gasteiger partial charge < -0.3 is 4.90 Å². The van der Waals surface area contributed by atoms with Crippen molar-refractivity contribution in [2.45, 2.75) is 20.0 Å². The second-order valence-corrected chi connectivity index (χ2v) is 5.22. The smallest absolute Gasteiger partial charge is 0.330 e. The summed E-state index contributed by atoms with van der Waals surface area (Å²) in [7, 11) is 0. The molecule has 0 radical (unpaired) electrons. The Morgan fingerprint density at radius 2 is 1.67 bits per heavy atom. The van der Waals surface area contributed by atoms with Crippen LogP contribution in [0.15, 0.2) is 36.4 Å². The van der Waals surface area contributed by atoms with E-state index in [-0.39, 0.29) is 17.5 Å². The minimum atomic E-state index is -2.83. The van der Waals surface area contributed by atoms with Crippen molar-refractivity contribution >= 4 is 12.2 Å². The van der Waals surface area contributed by atoms with Gasteiger partial charge in [0.2, 0.25) is 0 Å². The summed E-state index contributed by atoms with van der Waals surface area (Å²) in [4.78, 5) is 22.1. The number of rotatable bonds is 2. The molecule has 24 heavy (non-hydrogen) atoms. The van der Waals surface area contributed by atoms with Crippen molar-refractivity contribution in [2.75, 3.05) is 0 Å². The van der Waals surface area contributed by atoms with Gasteiger partial charge in [-0.25, -0.2) is 13.6 Å². The largest absolute Gasteiger partial charge is 0.483 e. The lowest BCUT2D eigenvalue weighted by molar-refractivity contribution is 0.0766. The Labute approximate surface area is 135 Å². The SMILES string of the molecule is Cc1c(F)ccc2c1C(=O)N(Cc1ccc(F)cc1)C2.O=C(F)F. The molecule has 2 aromatic carbocycles. The van der Waals surface area contributed by atoms with E-state index in [2.05, 4.69) is 0 Å². The van der Waals surface area contributed by atoms with Crippen molar-refractivity contribution in [3.63, 3.8) is 0 Å². The zero-order valence-electron chi connectivity index (χ0n) is 12.7. The summed E-state index contributed by atoms with van der Waals surface area (Å²) < 4.78 is 45.8. The van der Waals surface area contributed by atoms with Crippen molar-refractivity contribution in [3.05, 3.63) is 70.3 Å². The first-order valence-corrected chi connectivity index (χ1v) is 6.96. The highest BCUT2D eigenvalue weighted by Crippen LogP contribution is 2.28. The molecule has 1 heterocycles. The molecule has 0 bridgehead atoms. The fraction of sp³-hybridized carbons (Fsp3) is 0.176. The van der Waals surface area contributed by atoms with Gasteiger partial charge in [-0.05, 0) is 41.8 Å². The molecule has 0 spiro atoms. The van der Waals surface area contributed by atoms with Gasteiger partial charge in [0.1, 0.15) is 11.6 Å². The van der Waals surface area contributed by atoms with Gasteiger partial charge in [0.05, 0.1) is 5.56 Å². The van der Waals surface area contributed by atoms with E-state index >= 15 is 0 Å². The molecule has 1 amide bonds. The van der Waals surface area contributed by atoms with Crippen LogP contribution in [-0.4, -0.2) is 17.1 Å². The Balaban J connectivity index is 0.000000471. The second-order valence-electron chi connectivity index (χ2n) is 5.22. The number of amides is 1. The molecule has 0 saturated carbocycles. The van der Waals surface area contributed by atoms with Crippen LogP contribution in [0.1, 0.15) is 27.0 Å². The minimum absolute atomic E-state index is 0.165. The topological polar surface area (TPSA) is 37.4 Å². The van der Waals surface area contributed by atoms with Crippen LogP contribution in [0.3, 0.4) is 0 Å². The molecule has 0 atom stereocenters. The van der Waals surface area contributed by atoms with Crippen LogP contribution in [0.5, 0.6) is 0 Å². The summed E-state index contributed by atoms with van der Waals surface area (Å²) in [6.45, 7) is 2.48. The molecule has 0 unspecified atom stereocenters. The number of halogens is 4. The van der Waals surface area contributed by atoms with Crippen LogP contribution in [-0.2, 0) is 13.1 Å². The molecule has 1 aliphatic heterocycles. The Kier molecular flexibility index (Phi) is 5.33. The summed E-state index contributed by atoms with van der Waals surface area (Å²) in [6.07, 6.45) is -2.83. The van der Waals surface area contributed by atoms with Gasteiger partial charge in [-0.1, -0.05) is 18.2 Å². The number of benzene rings is 2. The number of fused-ring (bicyclic) bond motifs is 1. The van der Waals surface area contributed by atoms with Crippen LogP contribution in [0, 0.1) is 18.6 Å². The van der Waals surface area contributed by atoms with E-state index in [1.54, 1.807) is 30.0 Å². The Hall–Kier alpha value is -2.70. The maximum absolute atomic E-state index is 13.5. The number of carbonyl (C=O) groups excluding carboxylic acids is 2. The number of hydrogen-bond donors (Lipinski definition) is 0. The van der Waals surface area contributed by atoms with Crippen molar-refractivity contribution in [3.8, 4) is 0 Å². The highest BCUT2D eigenvalue weighted by molar-refractivity contribution is 5.99. The van der Waals surface area contributed by atoms with Crippen LogP contribution in [0.2, 0.25) is 0 Å². The van der Waals surface area contributed by atoms with E-state index in [1.807, 2.05) is 0 Å². The second kappa shape index (κ2) is 7.25. The third-order valence-electron chi connectivity index (χ3n) is 3.63. The van der Waals surface area contributed by atoms with E-state index in [1.165, 1.54) is 18.2 Å². The average molecular weight is 339 g/mol. The molecule has 0 fully saturated rings. The third-order valence-corrected chi connectivity index (χ3v) is 3.63. The van der Waals surface area contributed by atoms with Crippen LogP contribution in [0.4, 0.5) is 22.4 Å². The molecule has 3 nitrogen and oxygen atoms in total. The summed E-state index contributed by atoms with van der Waals surface area (Å²) in [5.41, 5.74) is 2.56. The van der Waals surface area contributed by atoms with E-state index < -0.39 is 6.29 Å². The van der Waals surface area contributed by atoms with Crippen molar-refractivity contribution in [1.29, 1.82) is 0 Å². The van der Waals surface area contributed by atoms with Gasteiger partial charge in [-0.3, -0.25) is 4.79 Å². The van der Waals surface area contributed by atoms with E-state index in [0.717, 1.165) is 11.1 Å². The van der Waals surface area contributed by atoms with Gasteiger partial charge in [-0.2, -0.15) is 0 Å². The lowest BCUT2D eigenvalue weighted by atomic mass is 10.0. The molecular formula is C17H13F4NO2. The minimum Gasteiger partial charge on any atom is -0.330 e. The first-order valence-electron chi connectivity index (χ1n) is 6.96. The molecule has 3 rings (SSSR count). The highest BCUT2D eigenvalue weighted by Gasteiger charge is 2.29. The first kappa shape index (κ1) is 17.7. The molecule has 7 heteroatoms. The Morgan fingerprint density at radius 3 is 2.25 bits per heavy atom. The predicted octanol–water partition coefficient (Wildman–Crippen LogP) is 4.47. The molecule has 0 aromatic heterocycles. The fourth-order valence-electron chi connectivity index (χ4n) is 2.55. The van der Waals surface area contributed by atoms with E-state index in [9.17, 15) is 22.4 Å². The van der Waals surface area contributed by atoms with E-state index in [0.29, 0.717) is 24.2 Å². The lowest BCUT2D eigenvalue weighted by Gasteiger charge is -2.15. The molecule has 2 aromatic rings. The monoisotopic (exact) mass is 339 g/mol. The molecule has 0 aliphatic carbocycles. The molecule has 1 aliphatic rings. The van der Waals surface area contributed by atoms with Crippen LogP contribution in [0.25, 0.3) is 0 Å². The Morgan fingerprint density at radius 1 is 1.08 bits per heavy atom. The molecule has 0 saturated heterocycles. The molecule has 126 valence electrons. The lowest BCUT2D eigenvalue weighted by Crippen LogP contribution is -2.23. The van der Waals surface area contributed by atoms with Gasteiger partial charge in [0.15, 0.2) is 0 Å². The average Bonchev–Trinajstić information content (AvgIpc) is 2.82. The molecule has 0 N–H and O–H groups in total. The van der Waals surface area contributed by atoms with Gasteiger partial charge in [-0.15, -0.1) is 8.78 Å². The number of nitrogens with zero attached hydrogens (tertiary/aromatic N) is 1. The van der Waals surface area contributed by atoms with Crippen molar-refractivity contribution in [2.24, 2.45) is 0 Å². The fourth-order valence-corrected chi connectivity index (χ4v) is 2.55. The summed E-state index contributed by atoms with van der Waals surface area (Å²) >= 11 is 0. The van der Waals surface area contributed by atoms with Crippen molar-refractivity contribution in [1.82, 2.24) is 4.90 Å². The summed E-state index contributed by atoms with van der Waals surface area (Å²) in [5.74, 6) is -0.829. The highest BCUT2D eigenvalue weighted by atomic mass is 19.3. The zero-order valence-corrected chi connectivity index (χ0v) is 12.7. The first-order chi connectivity index (χ1) is 11.3. The van der Waals surface area contributed by atoms with Gasteiger partial charge in [0, 0.05) is 13.1 Å². The summed E-state index contributed by atoms with van der Waals surface area (Å²) in [6, 6.07) is 9.09. The number of hydrogen-bond acceptors (Lipinski definition) is 2. The third kappa shape index (κ3) is 3.98. The normalized spacial score (nSPS) is 12.5. The molecular weight excluding hydrogens is 326 g/mol. The maximum atomic E-state index is 13.5.